The number of nitrogens with two attached hydrogens (primary N) is 1. The molecule has 0 aliphatic rings. The predicted octanol–water partition coefficient (Wildman–Crippen LogP) is 1.51. The smallest absolute Gasteiger partial charge is 0.123 e. The third kappa shape index (κ3) is 3.48. The summed E-state index contributed by atoms with van der Waals surface area (Å²) in [5, 5.41) is 4.11. The molecule has 2 rings (SSSR count). The van der Waals surface area contributed by atoms with Gasteiger partial charge >= 0.3 is 0 Å². The van der Waals surface area contributed by atoms with Crippen LogP contribution < -0.4 is 15.2 Å². The SMILES string of the molecule is COc1ccc(OCc2cnn(C)c2)c(CCN)c1. The van der Waals surface area contributed by atoms with Crippen LogP contribution in [0.3, 0.4) is 0 Å². The average molecular weight is 261 g/mol. The summed E-state index contributed by atoms with van der Waals surface area (Å²) in [7, 11) is 3.54. The molecule has 0 aliphatic carbocycles. The molecule has 2 aromatic rings. The van der Waals surface area contributed by atoms with Gasteiger partial charge in [-0.3, -0.25) is 4.68 Å². The van der Waals surface area contributed by atoms with Crippen LogP contribution >= 0.6 is 0 Å². The van der Waals surface area contributed by atoms with E-state index in [1.54, 1.807) is 18.0 Å². The van der Waals surface area contributed by atoms with Gasteiger partial charge in [0, 0.05) is 18.8 Å². The van der Waals surface area contributed by atoms with Gasteiger partial charge in [-0.25, -0.2) is 0 Å². The van der Waals surface area contributed by atoms with Crippen molar-refractivity contribution in [2.75, 3.05) is 13.7 Å². The molecule has 0 bridgehead atoms. The first-order valence-corrected chi connectivity index (χ1v) is 6.20. The van der Waals surface area contributed by atoms with E-state index in [0.717, 1.165) is 29.0 Å². The molecule has 0 radical (unpaired) electrons. The minimum absolute atomic E-state index is 0.498. The van der Waals surface area contributed by atoms with E-state index in [1.807, 2.05) is 31.4 Å². The van der Waals surface area contributed by atoms with Gasteiger partial charge in [-0.15, -0.1) is 0 Å². The molecule has 0 aliphatic heterocycles. The van der Waals surface area contributed by atoms with Gasteiger partial charge in [0.2, 0.25) is 0 Å². The molecule has 0 fully saturated rings. The molecule has 1 aromatic carbocycles. The number of benzene rings is 1. The van der Waals surface area contributed by atoms with Crippen molar-refractivity contribution in [3.63, 3.8) is 0 Å². The zero-order valence-corrected chi connectivity index (χ0v) is 11.3. The van der Waals surface area contributed by atoms with Crippen LogP contribution in [0.4, 0.5) is 0 Å². The Hall–Kier alpha value is -2.01. The van der Waals surface area contributed by atoms with Crippen molar-refractivity contribution < 1.29 is 9.47 Å². The van der Waals surface area contributed by atoms with E-state index in [4.69, 9.17) is 15.2 Å². The maximum atomic E-state index is 5.82. The number of rotatable bonds is 6. The maximum Gasteiger partial charge on any atom is 0.123 e. The van der Waals surface area contributed by atoms with Crippen molar-refractivity contribution in [1.29, 1.82) is 0 Å². The molecule has 1 aromatic heterocycles. The Labute approximate surface area is 112 Å². The van der Waals surface area contributed by atoms with E-state index in [-0.39, 0.29) is 0 Å². The van der Waals surface area contributed by atoms with Crippen LogP contribution in [0.25, 0.3) is 0 Å². The number of ether oxygens (including phenoxy) is 2. The minimum atomic E-state index is 0.498. The summed E-state index contributed by atoms with van der Waals surface area (Å²) < 4.78 is 12.8. The molecular weight excluding hydrogens is 242 g/mol. The van der Waals surface area contributed by atoms with Crippen molar-refractivity contribution in [2.45, 2.75) is 13.0 Å². The van der Waals surface area contributed by atoms with Crippen LogP contribution in [-0.4, -0.2) is 23.4 Å². The lowest BCUT2D eigenvalue weighted by atomic mass is 10.1. The highest BCUT2D eigenvalue weighted by molar-refractivity contribution is 5.40. The van der Waals surface area contributed by atoms with Gasteiger partial charge in [-0.2, -0.15) is 5.10 Å². The van der Waals surface area contributed by atoms with Gasteiger partial charge in [-0.05, 0) is 36.7 Å². The fourth-order valence-electron chi connectivity index (χ4n) is 1.88. The Kier molecular flexibility index (Phi) is 4.41. The van der Waals surface area contributed by atoms with Crippen molar-refractivity contribution in [2.24, 2.45) is 12.8 Å². The fraction of sp³-hybridized carbons (Fsp3) is 0.357. The molecule has 0 saturated heterocycles. The Balaban J connectivity index is 2.10. The van der Waals surface area contributed by atoms with Crippen LogP contribution in [0.15, 0.2) is 30.6 Å². The summed E-state index contributed by atoms with van der Waals surface area (Å²) in [4.78, 5) is 0. The van der Waals surface area contributed by atoms with Crippen LogP contribution in [0.5, 0.6) is 11.5 Å². The van der Waals surface area contributed by atoms with Gasteiger partial charge in [0.25, 0.3) is 0 Å². The number of nitrogens with zero attached hydrogens (tertiary/aromatic N) is 2. The van der Waals surface area contributed by atoms with Gasteiger partial charge < -0.3 is 15.2 Å². The summed E-state index contributed by atoms with van der Waals surface area (Å²) in [5.41, 5.74) is 7.72. The zero-order valence-electron chi connectivity index (χ0n) is 11.3. The molecule has 1 heterocycles. The Bertz CT molecular complexity index is 537. The second-order valence-corrected chi connectivity index (χ2v) is 4.32. The highest BCUT2D eigenvalue weighted by Crippen LogP contribution is 2.25. The second-order valence-electron chi connectivity index (χ2n) is 4.32. The van der Waals surface area contributed by atoms with Crippen LogP contribution in [0.1, 0.15) is 11.1 Å². The number of aryl methyl sites for hydroxylation is 1. The lowest BCUT2D eigenvalue weighted by Gasteiger charge is -2.11. The number of hydrogen-bond donors (Lipinski definition) is 1. The fourth-order valence-corrected chi connectivity index (χ4v) is 1.88. The summed E-state index contributed by atoms with van der Waals surface area (Å²) in [6.45, 7) is 1.08. The number of methoxy groups -OCH3 is 1. The van der Waals surface area contributed by atoms with Crippen molar-refractivity contribution in [3.05, 3.63) is 41.7 Å². The van der Waals surface area contributed by atoms with Gasteiger partial charge in [0.1, 0.15) is 18.1 Å². The van der Waals surface area contributed by atoms with Crippen molar-refractivity contribution in [1.82, 2.24) is 9.78 Å². The first-order chi connectivity index (χ1) is 9.22. The highest BCUT2D eigenvalue weighted by atomic mass is 16.5. The number of aromatic nitrogens is 2. The van der Waals surface area contributed by atoms with Gasteiger partial charge in [0.05, 0.1) is 13.3 Å². The Morgan fingerprint density at radius 2 is 2.21 bits per heavy atom. The zero-order chi connectivity index (χ0) is 13.7. The predicted molar refractivity (Wildman–Crippen MR) is 73.3 cm³/mol. The largest absolute Gasteiger partial charge is 0.497 e. The molecular formula is C14H19N3O2. The third-order valence-electron chi connectivity index (χ3n) is 2.83. The third-order valence-corrected chi connectivity index (χ3v) is 2.83. The molecule has 2 N–H and O–H groups in total. The molecule has 0 atom stereocenters. The summed E-state index contributed by atoms with van der Waals surface area (Å²) >= 11 is 0. The van der Waals surface area contributed by atoms with Gasteiger partial charge in [-0.1, -0.05) is 0 Å². The normalized spacial score (nSPS) is 10.5. The topological polar surface area (TPSA) is 62.3 Å². The van der Waals surface area contributed by atoms with E-state index < -0.39 is 0 Å². The summed E-state index contributed by atoms with van der Waals surface area (Å²) in [5.74, 6) is 1.66. The molecule has 5 heteroatoms. The Morgan fingerprint density at radius 1 is 1.37 bits per heavy atom. The molecule has 0 saturated carbocycles. The van der Waals surface area contributed by atoms with Crippen molar-refractivity contribution in [3.8, 4) is 11.5 Å². The van der Waals surface area contributed by atoms with Crippen molar-refractivity contribution >= 4 is 0 Å². The standard InChI is InChI=1S/C14H19N3O2/c1-17-9-11(8-16-17)10-19-14-4-3-13(18-2)7-12(14)5-6-15/h3-4,7-9H,5-6,10,15H2,1-2H3. The molecule has 0 amide bonds. The Morgan fingerprint density at radius 3 is 2.84 bits per heavy atom. The van der Waals surface area contributed by atoms with Crippen LogP contribution in [0.2, 0.25) is 0 Å². The van der Waals surface area contributed by atoms with Crippen LogP contribution in [-0.2, 0) is 20.1 Å². The van der Waals surface area contributed by atoms with E-state index in [0.29, 0.717) is 13.2 Å². The quantitative estimate of drug-likeness (QED) is 0.856. The molecule has 102 valence electrons. The average Bonchev–Trinajstić information content (AvgIpc) is 2.83. The molecule has 0 spiro atoms. The van der Waals surface area contributed by atoms with E-state index in [2.05, 4.69) is 5.10 Å². The van der Waals surface area contributed by atoms with E-state index >= 15 is 0 Å². The molecule has 5 nitrogen and oxygen atoms in total. The number of hydrogen-bond acceptors (Lipinski definition) is 4. The summed E-state index contributed by atoms with van der Waals surface area (Å²) in [6, 6.07) is 5.77. The van der Waals surface area contributed by atoms with E-state index in [9.17, 15) is 0 Å². The molecule has 0 unspecified atom stereocenters. The summed E-state index contributed by atoms with van der Waals surface area (Å²) in [6.07, 6.45) is 4.50. The monoisotopic (exact) mass is 261 g/mol. The maximum absolute atomic E-state index is 5.82. The highest BCUT2D eigenvalue weighted by Gasteiger charge is 2.06. The molecule has 19 heavy (non-hydrogen) atoms. The minimum Gasteiger partial charge on any atom is -0.497 e. The lowest BCUT2D eigenvalue weighted by molar-refractivity contribution is 0.302. The first-order valence-electron chi connectivity index (χ1n) is 6.20. The van der Waals surface area contributed by atoms with Gasteiger partial charge in [0.15, 0.2) is 0 Å². The lowest BCUT2D eigenvalue weighted by Crippen LogP contribution is -2.05. The first kappa shape index (κ1) is 13.4. The second kappa shape index (κ2) is 6.24. The van der Waals surface area contributed by atoms with E-state index in [1.165, 1.54) is 0 Å². The van der Waals surface area contributed by atoms with Crippen LogP contribution in [0, 0.1) is 0 Å².